The molecule has 252 valence electrons. The van der Waals surface area contributed by atoms with Crippen molar-refractivity contribution in [2.75, 3.05) is 44.2 Å². The zero-order valence-electron chi connectivity index (χ0n) is 26.6. The molecule has 0 saturated carbocycles. The smallest absolute Gasteiger partial charge is 0.319 e. The summed E-state index contributed by atoms with van der Waals surface area (Å²) in [5, 5.41) is 14.7. The van der Waals surface area contributed by atoms with Gasteiger partial charge in [-0.2, -0.15) is 9.97 Å². The highest BCUT2D eigenvalue weighted by Crippen LogP contribution is 2.42. The maximum Gasteiger partial charge on any atom is 0.319 e. The number of ether oxygens (including phenoxy) is 1. The molecule has 5 aliphatic heterocycles. The molecule has 0 radical (unpaired) electrons. The summed E-state index contributed by atoms with van der Waals surface area (Å²) in [6.07, 6.45) is 10.00. The monoisotopic (exact) mass is 669 g/mol. The Kier molecular flexibility index (Phi) is 6.94. The van der Waals surface area contributed by atoms with Crippen LogP contribution in [-0.2, 0) is 4.79 Å². The van der Waals surface area contributed by atoms with Gasteiger partial charge in [-0.05, 0) is 55.8 Å². The van der Waals surface area contributed by atoms with E-state index in [0.29, 0.717) is 49.2 Å². The first-order valence-corrected chi connectivity index (χ1v) is 16.8. The summed E-state index contributed by atoms with van der Waals surface area (Å²) in [6, 6.07) is 5.18. The number of alkyl halides is 1. The van der Waals surface area contributed by atoms with Crippen LogP contribution < -0.4 is 15.0 Å². The molecule has 5 atom stereocenters. The molecule has 2 aromatic heterocycles. The van der Waals surface area contributed by atoms with Gasteiger partial charge in [0.05, 0.1) is 22.5 Å². The molecule has 5 aliphatic rings. The predicted molar refractivity (Wildman–Crippen MR) is 176 cm³/mol. The first kappa shape index (κ1) is 30.4. The minimum atomic E-state index is -0.946. The van der Waals surface area contributed by atoms with E-state index in [2.05, 4.69) is 26.1 Å². The van der Waals surface area contributed by atoms with E-state index in [0.717, 1.165) is 32.2 Å². The Morgan fingerprint density at radius 3 is 2.71 bits per heavy atom. The van der Waals surface area contributed by atoms with Crippen molar-refractivity contribution in [3.05, 3.63) is 47.7 Å². The summed E-state index contributed by atoms with van der Waals surface area (Å²) >= 11 is 0. The van der Waals surface area contributed by atoms with E-state index in [1.807, 2.05) is 9.80 Å². The highest BCUT2D eigenvalue weighted by atomic mass is 19.1. The van der Waals surface area contributed by atoms with Crippen molar-refractivity contribution in [2.24, 2.45) is 0 Å². The van der Waals surface area contributed by atoms with E-state index in [9.17, 15) is 18.7 Å². The molecule has 49 heavy (non-hydrogen) atoms. The van der Waals surface area contributed by atoms with Gasteiger partial charge in [0, 0.05) is 61.8 Å². The quantitative estimate of drug-likeness (QED) is 0.233. The minimum Gasteiger partial charge on any atom is -0.508 e. The molecular formula is C36H34F3N7O3. The molecule has 9 rings (SSSR count). The number of anilines is 1. The zero-order valence-corrected chi connectivity index (χ0v) is 26.6. The molecule has 2 aromatic carbocycles. The lowest BCUT2D eigenvalue weighted by molar-refractivity contribution is -0.133. The number of nitrogens with zero attached hydrogens (tertiary/aromatic N) is 6. The van der Waals surface area contributed by atoms with Crippen molar-refractivity contribution in [3.8, 4) is 35.4 Å². The number of piperazine rings is 1. The van der Waals surface area contributed by atoms with E-state index in [-0.39, 0.29) is 70.1 Å². The topological polar surface area (TPSA) is 117 Å². The molecule has 0 aliphatic carbocycles. The summed E-state index contributed by atoms with van der Waals surface area (Å²) in [5.74, 6) is 1.27. The summed E-state index contributed by atoms with van der Waals surface area (Å²) in [5.41, 5.74) is -0.672. The fraction of sp³-hybridized carbons (Fsp3) is 0.444. The molecule has 0 spiro atoms. The Balaban J connectivity index is 1.16. The van der Waals surface area contributed by atoms with Gasteiger partial charge in [-0.15, -0.1) is 6.42 Å². The van der Waals surface area contributed by atoms with Crippen molar-refractivity contribution in [1.29, 1.82) is 0 Å². The molecule has 13 heteroatoms. The van der Waals surface area contributed by atoms with Crippen LogP contribution in [0.4, 0.5) is 19.0 Å². The van der Waals surface area contributed by atoms with E-state index in [4.69, 9.17) is 16.1 Å². The summed E-state index contributed by atoms with van der Waals surface area (Å²) < 4.78 is 52.6. The molecule has 2 unspecified atom stereocenters. The summed E-state index contributed by atoms with van der Waals surface area (Å²) in [7, 11) is 0. The van der Waals surface area contributed by atoms with Crippen LogP contribution in [0.2, 0.25) is 0 Å². The number of phenolic OH excluding ortho intramolecular Hbond substituents is 1. The number of fused-ring (bicyclic) bond motifs is 5. The largest absolute Gasteiger partial charge is 0.508 e. The lowest BCUT2D eigenvalue weighted by Crippen LogP contribution is -2.57. The zero-order chi connectivity index (χ0) is 33.6. The molecule has 2 bridgehead atoms. The van der Waals surface area contributed by atoms with Crippen LogP contribution in [-0.4, -0.2) is 105 Å². The molecule has 4 aromatic rings. The number of amides is 1. The van der Waals surface area contributed by atoms with Gasteiger partial charge in [0.2, 0.25) is 5.91 Å². The maximum absolute atomic E-state index is 16.9. The van der Waals surface area contributed by atoms with Crippen LogP contribution in [0, 0.1) is 24.0 Å². The number of terminal acetylenes is 1. The maximum atomic E-state index is 16.9. The third kappa shape index (κ3) is 4.87. The van der Waals surface area contributed by atoms with Crippen LogP contribution in [0.25, 0.3) is 32.9 Å². The number of carbonyl (C=O) groups is 1. The van der Waals surface area contributed by atoms with Crippen molar-refractivity contribution in [2.45, 2.75) is 61.9 Å². The number of aromatic hydroxyl groups is 1. The van der Waals surface area contributed by atoms with Crippen LogP contribution >= 0.6 is 0 Å². The number of carbonyl (C=O) groups excluding carboxylic acids is 1. The SMILES string of the molecule is C#Cc1c(F)ccc2cc(O)cc(-c3ncc4c(N5CC6CCC(C5)N6C(=O)[C@@H]5CN5)nc(OC[C@@]56CCCN5C[C@H](F)C6)nc4c3F)c12. The summed E-state index contributed by atoms with van der Waals surface area (Å²) in [6.45, 7) is 2.98. The third-order valence-electron chi connectivity index (χ3n) is 11.1. The lowest BCUT2D eigenvalue weighted by atomic mass is 9.95. The molecular weight excluding hydrogens is 635 g/mol. The molecule has 10 nitrogen and oxygen atoms in total. The van der Waals surface area contributed by atoms with Crippen LogP contribution in [0.3, 0.4) is 0 Å². The second-order valence-corrected chi connectivity index (χ2v) is 14.0. The summed E-state index contributed by atoms with van der Waals surface area (Å²) in [4.78, 5) is 33.2. The molecule has 7 heterocycles. The highest BCUT2D eigenvalue weighted by molar-refractivity contribution is 6.03. The fourth-order valence-corrected chi connectivity index (χ4v) is 8.76. The second-order valence-electron chi connectivity index (χ2n) is 14.0. The van der Waals surface area contributed by atoms with Gasteiger partial charge in [0.1, 0.15) is 41.4 Å². The van der Waals surface area contributed by atoms with Crippen molar-refractivity contribution in [1.82, 2.24) is 30.1 Å². The van der Waals surface area contributed by atoms with Crippen LogP contribution in [0.5, 0.6) is 11.8 Å². The van der Waals surface area contributed by atoms with Crippen molar-refractivity contribution < 1.29 is 27.8 Å². The van der Waals surface area contributed by atoms with Gasteiger partial charge in [-0.25, -0.2) is 13.2 Å². The van der Waals surface area contributed by atoms with Gasteiger partial charge in [0.15, 0.2) is 5.82 Å². The van der Waals surface area contributed by atoms with Gasteiger partial charge in [0.25, 0.3) is 0 Å². The van der Waals surface area contributed by atoms with E-state index < -0.39 is 23.3 Å². The van der Waals surface area contributed by atoms with Crippen LogP contribution in [0.1, 0.15) is 37.7 Å². The Morgan fingerprint density at radius 1 is 1.16 bits per heavy atom. The number of benzene rings is 2. The average molecular weight is 670 g/mol. The third-order valence-corrected chi connectivity index (χ3v) is 11.1. The average Bonchev–Trinajstić information content (AvgIpc) is 3.73. The van der Waals surface area contributed by atoms with Gasteiger partial charge < -0.3 is 25.0 Å². The molecule has 5 fully saturated rings. The highest BCUT2D eigenvalue weighted by Gasteiger charge is 2.50. The number of phenols is 1. The van der Waals surface area contributed by atoms with E-state index >= 15 is 4.39 Å². The molecule has 5 saturated heterocycles. The Morgan fingerprint density at radius 2 is 1.96 bits per heavy atom. The predicted octanol–water partition coefficient (Wildman–Crippen LogP) is 3.92. The number of hydrogen-bond acceptors (Lipinski definition) is 9. The number of nitrogens with one attached hydrogen (secondary N) is 1. The molecule has 2 N–H and O–H groups in total. The van der Waals surface area contributed by atoms with Gasteiger partial charge in [-0.3, -0.25) is 14.7 Å². The van der Waals surface area contributed by atoms with Crippen LogP contribution in [0.15, 0.2) is 30.5 Å². The standard InChI is InChI=1S/C36H34F3N7O3/c1-2-24-27(38)7-4-19-10-23(47)11-25(29(19)24)31-30(39)32-26(13-41-31)33(44-16-21-5-6-22(17-44)46(21)34(48)28-14-40-28)43-35(42-32)49-18-36-8-3-9-45(36)15-20(37)12-36/h1,4,7,10-11,13,20-22,28,40,47H,3,5-6,8-9,12,14-18H2/t20-,21?,22?,28+,36+/m1/s1. The number of aromatic nitrogens is 3. The Labute approximate surface area is 280 Å². The molecule has 1 amide bonds. The van der Waals surface area contributed by atoms with Crippen molar-refractivity contribution in [3.63, 3.8) is 0 Å². The Bertz CT molecular complexity index is 2070. The van der Waals surface area contributed by atoms with E-state index in [1.165, 1.54) is 30.5 Å². The number of hydrogen-bond donors (Lipinski definition) is 2. The Hall–Kier alpha value is -4.67. The lowest BCUT2D eigenvalue weighted by Gasteiger charge is -2.42. The minimum absolute atomic E-state index is 0.0261. The first-order valence-electron chi connectivity index (χ1n) is 16.8. The number of pyridine rings is 1. The fourth-order valence-electron chi connectivity index (χ4n) is 8.76. The van der Waals surface area contributed by atoms with Gasteiger partial charge in [-0.1, -0.05) is 12.0 Å². The normalized spacial score (nSPS) is 27.6. The number of rotatable bonds is 6. The number of halogens is 3. The first-order chi connectivity index (χ1) is 23.7. The second kappa shape index (κ2) is 11.2. The van der Waals surface area contributed by atoms with E-state index in [1.54, 1.807) is 0 Å². The van der Waals surface area contributed by atoms with Crippen molar-refractivity contribution >= 4 is 33.4 Å². The van der Waals surface area contributed by atoms with Gasteiger partial charge >= 0.3 is 6.01 Å².